The van der Waals surface area contributed by atoms with Crippen molar-refractivity contribution in [1.29, 1.82) is 0 Å². The van der Waals surface area contributed by atoms with E-state index >= 15 is 0 Å². The zero-order valence-corrected chi connectivity index (χ0v) is 33.5. The molecule has 0 aliphatic carbocycles. The first-order chi connectivity index (χ1) is 27.4. The van der Waals surface area contributed by atoms with Gasteiger partial charge < -0.3 is 45.1 Å². The second-order valence-corrected chi connectivity index (χ2v) is 14.3. The third-order valence-electron chi connectivity index (χ3n) is 9.15. The number of fused-ring (bicyclic) bond motifs is 2. The van der Waals surface area contributed by atoms with Gasteiger partial charge in [0.05, 0.1) is 77.2 Å². The minimum absolute atomic E-state index is 0.0271. The van der Waals surface area contributed by atoms with Crippen molar-refractivity contribution >= 4 is 41.6 Å². The Bertz CT molecular complexity index is 1530. The number of nitrogens with one attached hydrogen (secondary N) is 4. The van der Waals surface area contributed by atoms with E-state index < -0.39 is 0 Å². The summed E-state index contributed by atoms with van der Waals surface area (Å²) in [4.78, 5) is 51.0. The zero-order valence-electron chi connectivity index (χ0n) is 32.6. The van der Waals surface area contributed by atoms with E-state index in [0.29, 0.717) is 71.0 Å². The normalized spacial score (nSPS) is 20.4. The van der Waals surface area contributed by atoms with Crippen molar-refractivity contribution in [3.63, 3.8) is 0 Å². The Labute approximate surface area is 336 Å². The lowest BCUT2D eigenvalue weighted by molar-refractivity contribution is -0.129. The molecule has 0 spiro atoms. The molecule has 0 radical (unpaired) electrons. The fourth-order valence-electron chi connectivity index (χ4n) is 6.37. The molecule has 0 aromatic heterocycles. The van der Waals surface area contributed by atoms with Crippen LogP contribution in [-0.2, 0) is 39.9 Å². The third-order valence-corrected chi connectivity index (χ3v) is 10.7. The first-order valence-electron chi connectivity index (χ1n) is 19.3. The summed E-state index contributed by atoms with van der Waals surface area (Å²) >= 11 is 1.89. The Kier molecular flexibility index (Phi) is 22.4. The van der Waals surface area contributed by atoms with Crippen molar-refractivity contribution in [1.82, 2.24) is 26.2 Å². The maximum atomic E-state index is 13.3. The van der Waals surface area contributed by atoms with Gasteiger partial charge in [-0.15, -0.1) is 12.8 Å². The molecular formula is C42H59N5O8S. The fraction of sp³-hybridized carbons (Fsp3) is 0.524. The van der Waals surface area contributed by atoms with Gasteiger partial charge in [-0.25, -0.2) is 4.79 Å². The molecule has 306 valence electrons. The molecule has 13 nitrogen and oxygen atoms in total. The molecule has 1 aromatic carbocycles. The van der Waals surface area contributed by atoms with Crippen LogP contribution < -0.4 is 21.3 Å². The second-order valence-electron chi connectivity index (χ2n) is 13.1. The van der Waals surface area contributed by atoms with Crippen LogP contribution in [0.4, 0.5) is 4.79 Å². The topological polar surface area (TPSA) is 157 Å². The Morgan fingerprint density at radius 2 is 1.54 bits per heavy atom. The molecule has 3 aliphatic heterocycles. The number of rotatable bonds is 25. The minimum Gasteiger partial charge on any atom is -0.379 e. The number of thioether (sulfide) groups is 1. The van der Waals surface area contributed by atoms with Crippen molar-refractivity contribution in [2.45, 2.75) is 69.3 Å². The fourth-order valence-corrected chi connectivity index (χ4v) is 7.92. The van der Waals surface area contributed by atoms with Crippen molar-refractivity contribution in [3.8, 4) is 12.8 Å². The smallest absolute Gasteiger partial charge is 0.315 e. The number of carbonyl (C=O) groups is 4. The number of ether oxygens (including phenoxy) is 4. The molecule has 4 N–H and O–H groups in total. The van der Waals surface area contributed by atoms with Crippen LogP contribution in [0.25, 0.3) is 6.08 Å². The van der Waals surface area contributed by atoms with Crippen molar-refractivity contribution < 1.29 is 38.1 Å². The summed E-state index contributed by atoms with van der Waals surface area (Å²) < 4.78 is 22.1. The lowest BCUT2D eigenvalue weighted by atomic mass is 10.0. The third kappa shape index (κ3) is 16.4. The zero-order chi connectivity index (χ0) is 40.4. The second kappa shape index (κ2) is 27.2. The molecule has 5 amide bonds. The van der Waals surface area contributed by atoms with Crippen LogP contribution in [0.3, 0.4) is 0 Å². The molecule has 4 rings (SSSR count). The summed E-state index contributed by atoms with van der Waals surface area (Å²) in [6, 6.07) is 8.36. The molecule has 3 heterocycles. The highest BCUT2D eigenvalue weighted by molar-refractivity contribution is 8.00. The molecular weight excluding hydrogens is 735 g/mol. The summed E-state index contributed by atoms with van der Waals surface area (Å²) in [5, 5.41) is 12.1. The van der Waals surface area contributed by atoms with Crippen LogP contribution >= 0.6 is 11.8 Å². The number of benzene rings is 1. The van der Waals surface area contributed by atoms with E-state index in [1.165, 1.54) is 0 Å². The number of allylic oxidation sites excluding steroid dienone is 5. The van der Waals surface area contributed by atoms with E-state index in [1.807, 2.05) is 61.2 Å². The molecule has 1 aromatic rings. The first kappa shape index (κ1) is 46.0. The van der Waals surface area contributed by atoms with Gasteiger partial charge >= 0.3 is 6.03 Å². The summed E-state index contributed by atoms with van der Waals surface area (Å²) in [5.74, 6) is 0.699. The van der Waals surface area contributed by atoms with Crippen LogP contribution in [-0.4, -0.2) is 118 Å². The van der Waals surface area contributed by atoms with Crippen LogP contribution in [0.2, 0.25) is 0 Å². The van der Waals surface area contributed by atoms with Gasteiger partial charge in [-0.2, -0.15) is 11.8 Å². The molecule has 56 heavy (non-hydrogen) atoms. The maximum absolute atomic E-state index is 13.3. The molecule has 3 aliphatic rings. The number of terminal acetylenes is 1. The summed E-state index contributed by atoms with van der Waals surface area (Å²) in [5.41, 5.74) is 3.72. The van der Waals surface area contributed by atoms with E-state index in [4.69, 9.17) is 18.9 Å². The molecule has 2 saturated heterocycles. The van der Waals surface area contributed by atoms with Crippen LogP contribution in [0, 0.1) is 12.8 Å². The Morgan fingerprint density at radius 3 is 2.25 bits per heavy atom. The number of hydrogen-bond acceptors (Lipinski definition) is 9. The van der Waals surface area contributed by atoms with Gasteiger partial charge in [0.15, 0.2) is 0 Å². The van der Waals surface area contributed by atoms with Crippen LogP contribution in [0.15, 0.2) is 66.4 Å². The highest BCUT2D eigenvalue weighted by Crippen LogP contribution is 2.33. The molecule has 0 saturated carbocycles. The monoisotopic (exact) mass is 793 g/mol. The minimum atomic E-state index is -0.181. The summed E-state index contributed by atoms with van der Waals surface area (Å²) in [6.07, 6.45) is 21.3. The SMILES string of the molecule is C#C.C=C/C1=C(\C=C/C)/C=C\c2ccccc2CN1C(=O)CCNC(=O)CCOCCOCCOCCOCCNC(=O)CCCC[C@@H]1SC[C@@H]2NC(=O)NC21. The standard InChI is InChI=1S/C40H57N5O8S.C2H2/c1-3-9-31-15-14-30-10-5-6-11-32(30)28-45(34(31)4-2)38(48)16-18-41-37(47)17-20-50-22-24-52-26-27-53-25-23-51-21-19-42-36(46)13-8-7-12-35-39-33(29-54-35)43-40(49)44-39;1-2/h3-6,9-11,14-15,33,35,39H,2,7-8,12-13,16-29H2,1H3,(H,41,47)(H,42,46)(H2,43,44,49);1-2H/b9-3-,15-14-,34-31-;/t33-,35-,39?;/m0./s1. The molecule has 3 atom stereocenters. The number of carbonyl (C=O) groups excluding carboxylic acids is 4. The van der Waals surface area contributed by atoms with Crippen molar-refractivity contribution in [3.05, 3.63) is 77.5 Å². The average molecular weight is 794 g/mol. The number of hydrogen-bond donors (Lipinski definition) is 4. The average Bonchev–Trinajstić information content (AvgIpc) is 3.76. The number of amides is 5. The van der Waals surface area contributed by atoms with Gasteiger partial charge in [0.1, 0.15) is 0 Å². The number of nitrogens with zero attached hydrogens (tertiary/aromatic N) is 1. The lowest BCUT2D eigenvalue weighted by Gasteiger charge is -2.27. The number of unbranched alkanes of at least 4 members (excludes halogenated alkanes) is 1. The van der Waals surface area contributed by atoms with Gasteiger partial charge in [-0.05, 0) is 42.5 Å². The predicted octanol–water partition coefficient (Wildman–Crippen LogP) is 4.11. The molecule has 14 heteroatoms. The Morgan fingerprint density at radius 1 is 0.875 bits per heavy atom. The highest BCUT2D eigenvalue weighted by Gasteiger charge is 2.42. The summed E-state index contributed by atoms with van der Waals surface area (Å²) in [7, 11) is 0. The van der Waals surface area contributed by atoms with Crippen LogP contribution in [0.1, 0.15) is 56.6 Å². The molecule has 1 unspecified atom stereocenters. The van der Waals surface area contributed by atoms with E-state index in [9.17, 15) is 19.2 Å². The Balaban J connectivity index is 0.00000414. The van der Waals surface area contributed by atoms with E-state index in [0.717, 1.165) is 47.4 Å². The lowest BCUT2D eigenvalue weighted by Crippen LogP contribution is -2.36. The first-order valence-corrected chi connectivity index (χ1v) is 20.4. The summed E-state index contributed by atoms with van der Waals surface area (Å²) in [6.45, 7) is 10.1. The molecule has 0 bridgehead atoms. The van der Waals surface area contributed by atoms with Gasteiger partial charge in [-0.3, -0.25) is 14.4 Å². The van der Waals surface area contributed by atoms with E-state index in [1.54, 1.807) is 11.0 Å². The van der Waals surface area contributed by atoms with Crippen molar-refractivity contribution in [2.24, 2.45) is 0 Å². The van der Waals surface area contributed by atoms with E-state index in [-0.39, 0.29) is 61.8 Å². The van der Waals surface area contributed by atoms with Gasteiger partial charge in [0, 0.05) is 43.4 Å². The van der Waals surface area contributed by atoms with Crippen molar-refractivity contribution in [2.75, 3.05) is 71.7 Å². The predicted molar refractivity (Wildman–Crippen MR) is 220 cm³/mol. The van der Waals surface area contributed by atoms with Crippen LogP contribution in [0.5, 0.6) is 0 Å². The van der Waals surface area contributed by atoms with Gasteiger partial charge in [0.25, 0.3) is 0 Å². The van der Waals surface area contributed by atoms with Gasteiger partial charge in [0.2, 0.25) is 17.7 Å². The number of urea groups is 1. The maximum Gasteiger partial charge on any atom is 0.315 e. The van der Waals surface area contributed by atoms with Gasteiger partial charge in [-0.1, -0.05) is 61.6 Å². The molecule has 2 fully saturated rings. The Hall–Kier alpha value is -4.39. The highest BCUT2D eigenvalue weighted by atomic mass is 32.2. The largest absolute Gasteiger partial charge is 0.379 e. The quantitative estimate of drug-likeness (QED) is 0.0651. The van der Waals surface area contributed by atoms with E-state index in [2.05, 4.69) is 46.8 Å².